The van der Waals surface area contributed by atoms with Gasteiger partial charge in [0.15, 0.2) is 0 Å². The Bertz CT molecular complexity index is 575. The molecule has 5 nitrogen and oxygen atoms in total. The predicted octanol–water partition coefficient (Wildman–Crippen LogP) is 1.36. The van der Waals surface area contributed by atoms with E-state index in [1.54, 1.807) is 4.90 Å². The molecule has 3 rings (SSSR count). The van der Waals surface area contributed by atoms with Crippen LogP contribution in [0.2, 0.25) is 0 Å². The van der Waals surface area contributed by atoms with E-state index in [9.17, 15) is 9.59 Å². The summed E-state index contributed by atoms with van der Waals surface area (Å²) in [5.41, 5.74) is 2.10. The number of nitrogens with zero attached hydrogens (tertiary/aromatic N) is 1. The molecule has 1 unspecified atom stereocenters. The second-order valence-electron chi connectivity index (χ2n) is 6.16. The van der Waals surface area contributed by atoms with E-state index in [1.165, 1.54) is 0 Å². The van der Waals surface area contributed by atoms with Crippen molar-refractivity contribution in [3.8, 4) is 0 Å². The van der Waals surface area contributed by atoms with Crippen LogP contribution in [0, 0.1) is 11.8 Å². The van der Waals surface area contributed by atoms with Gasteiger partial charge < -0.3 is 15.5 Å². The fourth-order valence-electron chi connectivity index (χ4n) is 3.07. The summed E-state index contributed by atoms with van der Waals surface area (Å²) in [5.74, 6) is 0.367. The van der Waals surface area contributed by atoms with E-state index >= 15 is 0 Å². The first-order chi connectivity index (χ1) is 10.7. The zero-order valence-electron chi connectivity index (χ0n) is 13.4. The maximum absolute atomic E-state index is 12.3. The van der Waals surface area contributed by atoms with Gasteiger partial charge in [-0.15, -0.1) is 12.4 Å². The minimum Gasteiger partial charge on any atom is -0.355 e. The smallest absolute Gasteiger partial charge is 0.227 e. The molecule has 2 fully saturated rings. The minimum atomic E-state index is -0.231. The zero-order valence-corrected chi connectivity index (χ0v) is 14.2. The third kappa shape index (κ3) is 3.85. The van der Waals surface area contributed by atoms with E-state index in [-0.39, 0.29) is 30.1 Å². The van der Waals surface area contributed by atoms with Crippen molar-refractivity contribution in [2.45, 2.75) is 19.8 Å². The lowest BCUT2D eigenvalue weighted by molar-refractivity contribution is -0.126. The van der Waals surface area contributed by atoms with E-state index in [2.05, 4.69) is 17.6 Å². The van der Waals surface area contributed by atoms with Gasteiger partial charge in [-0.1, -0.05) is 25.1 Å². The van der Waals surface area contributed by atoms with E-state index < -0.39 is 0 Å². The van der Waals surface area contributed by atoms with Crippen LogP contribution in [0.15, 0.2) is 24.3 Å². The van der Waals surface area contributed by atoms with Gasteiger partial charge >= 0.3 is 0 Å². The number of anilines is 1. The average molecular weight is 338 g/mol. The molecule has 23 heavy (non-hydrogen) atoms. The lowest BCUT2D eigenvalue weighted by Gasteiger charge is -2.27. The van der Waals surface area contributed by atoms with Crippen LogP contribution in [0.25, 0.3) is 0 Å². The first kappa shape index (κ1) is 17.8. The Balaban J connectivity index is 0.00000192. The summed E-state index contributed by atoms with van der Waals surface area (Å²) < 4.78 is 0. The van der Waals surface area contributed by atoms with Crippen molar-refractivity contribution >= 4 is 29.9 Å². The Hall–Kier alpha value is -1.59. The number of hydrogen-bond donors (Lipinski definition) is 2. The van der Waals surface area contributed by atoms with E-state index in [0.29, 0.717) is 25.4 Å². The average Bonchev–Trinajstić information content (AvgIpc) is 2.87. The number of para-hydroxylation sites is 1. The molecule has 6 heteroatoms. The van der Waals surface area contributed by atoms with Crippen molar-refractivity contribution in [2.75, 3.05) is 31.1 Å². The van der Waals surface area contributed by atoms with Crippen molar-refractivity contribution < 1.29 is 9.59 Å². The van der Waals surface area contributed by atoms with Crippen molar-refractivity contribution in [3.05, 3.63) is 29.8 Å². The maximum Gasteiger partial charge on any atom is 0.227 e. The Morgan fingerprint density at radius 2 is 2.09 bits per heavy atom. The molecule has 2 aliphatic heterocycles. The van der Waals surface area contributed by atoms with E-state index in [4.69, 9.17) is 0 Å². The quantitative estimate of drug-likeness (QED) is 0.853. The van der Waals surface area contributed by atoms with Crippen molar-refractivity contribution in [3.63, 3.8) is 0 Å². The van der Waals surface area contributed by atoms with Gasteiger partial charge in [0.2, 0.25) is 11.8 Å². The summed E-state index contributed by atoms with van der Waals surface area (Å²) in [7, 11) is 0. The molecule has 0 saturated carbocycles. The summed E-state index contributed by atoms with van der Waals surface area (Å²) >= 11 is 0. The van der Waals surface area contributed by atoms with E-state index in [0.717, 1.165) is 30.8 Å². The molecule has 2 saturated heterocycles. The minimum absolute atomic E-state index is 0. The largest absolute Gasteiger partial charge is 0.355 e. The zero-order chi connectivity index (χ0) is 15.5. The number of carbonyl (C=O) groups is 2. The molecular weight excluding hydrogens is 314 g/mol. The molecule has 0 radical (unpaired) electrons. The Morgan fingerprint density at radius 1 is 1.35 bits per heavy atom. The van der Waals surface area contributed by atoms with Crippen LogP contribution in [-0.2, 0) is 16.0 Å². The molecule has 2 N–H and O–H groups in total. The second-order valence-corrected chi connectivity index (χ2v) is 6.16. The van der Waals surface area contributed by atoms with Gasteiger partial charge in [-0.2, -0.15) is 0 Å². The third-order valence-corrected chi connectivity index (χ3v) is 4.59. The van der Waals surface area contributed by atoms with E-state index in [1.807, 2.05) is 24.3 Å². The Kier molecular flexibility index (Phi) is 6.02. The number of benzene rings is 1. The molecule has 2 amide bonds. The molecule has 0 aromatic heterocycles. The predicted molar refractivity (Wildman–Crippen MR) is 92.9 cm³/mol. The lowest BCUT2D eigenvalue weighted by Crippen LogP contribution is -2.49. The Morgan fingerprint density at radius 3 is 2.74 bits per heavy atom. The molecule has 1 aromatic rings. The molecule has 2 aliphatic rings. The summed E-state index contributed by atoms with van der Waals surface area (Å²) in [5, 5.41) is 6.18. The van der Waals surface area contributed by atoms with Crippen molar-refractivity contribution in [1.82, 2.24) is 10.6 Å². The molecule has 0 spiro atoms. The van der Waals surface area contributed by atoms with Gasteiger partial charge in [0.1, 0.15) is 0 Å². The number of nitrogens with one attached hydrogen (secondary N) is 2. The highest BCUT2D eigenvalue weighted by Crippen LogP contribution is 2.28. The number of halogens is 1. The standard InChI is InChI=1S/C17H23N3O2.ClH/c1-2-13-5-3-4-6-15(13)20-11-14(7-16(20)21)17(22)19-10-12-8-18-9-12;/h3-6,12,14,18H,2,7-11H2,1H3,(H,19,22);1H. The molecule has 1 atom stereocenters. The highest BCUT2D eigenvalue weighted by atomic mass is 35.5. The second kappa shape index (κ2) is 7.79. The molecule has 1 aromatic carbocycles. The van der Waals surface area contributed by atoms with Crippen molar-refractivity contribution in [2.24, 2.45) is 11.8 Å². The first-order valence-corrected chi connectivity index (χ1v) is 8.05. The normalized spacial score (nSPS) is 20.8. The highest BCUT2D eigenvalue weighted by Gasteiger charge is 2.35. The topological polar surface area (TPSA) is 61.4 Å². The molecule has 2 heterocycles. The van der Waals surface area contributed by atoms with Crippen molar-refractivity contribution in [1.29, 1.82) is 0 Å². The number of rotatable bonds is 5. The molecular formula is C17H24ClN3O2. The summed E-state index contributed by atoms with van der Waals surface area (Å²) in [4.78, 5) is 26.3. The monoisotopic (exact) mass is 337 g/mol. The SMILES string of the molecule is CCc1ccccc1N1CC(C(=O)NCC2CNC2)CC1=O.Cl. The van der Waals surface area contributed by atoms with Crippen LogP contribution in [0.4, 0.5) is 5.69 Å². The van der Waals surface area contributed by atoms with Gasteiger partial charge in [0.05, 0.1) is 5.92 Å². The summed E-state index contributed by atoms with van der Waals surface area (Å²) in [6.07, 6.45) is 1.19. The fourth-order valence-corrected chi connectivity index (χ4v) is 3.07. The lowest BCUT2D eigenvalue weighted by atomic mass is 10.0. The molecule has 0 aliphatic carbocycles. The van der Waals surface area contributed by atoms with Gasteiger partial charge in [-0.3, -0.25) is 9.59 Å². The Labute approximate surface area is 143 Å². The highest BCUT2D eigenvalue weighted by molar-refractivity contribution is 6.00. The third-order valence-electron chi connectivity index (χ3n) is 4.59. The van der Waals surface area contributed by atoms with Crippen LogP contribution >= 0.6 is 12.4 Å². The number of amides is 2. The van der Waals surface area contributed by atoms with Crippen LogP contribution in [0.1, 0.15) is 18.9 Å². The van der Waals surface area contributed by atoms with Crippen LogP contribution < -0.4 is 15.5 Å². The number of hydrogen-bond acceptors (Lipinski definition) is 3. The van der Waals surface area contributed by atoms with Gasteiger partial charge in [-0.05, 0) is 18.1 Å². The maximum atomic E-state index is 12.3. The fraction of sp³-hybridized carbons (Fsp3) is 0.529. The van der Waals surface area contributed by atoms with Gasteiger partial charge in [0, 0.05) is 44.2 Å². The van der Waals surface area contributed by atoms with Gasteiger partial charge in [0.25, 0.3) is 0 Å². The summed E-state index contributed by atoms with van der Waals surface area (Å²) in [6.45, 7) is 5.22. The van der Waals surface area contributed by atoms with Gasteiger partial charge in [-0.25, -0.2) is 0 Å². The first-order valence-electron chi connectivity index (χ1n) is 8.05. The number of carbonyl (C=O) groups excluding carboxylic acids is 2. The molecule has 0 bridgehead atoms. The number of aryl methyl sites for hydroxylation is 1. The van der Waals surface area contributed by atoms with Crippen LogP contribution in [0.5, 0.6) is 0 Å². The van der Waals surface area contributed by atoms with Crippen LogP contribution in [0.3, 0.4) is 0 Å². The molecule has 126 valence electrons. The summed E-state index contributed by atoms with van der Waals surface area (Å²) in [6, 6.07) is 7.94. The van der Waals surface area contributed by atoms with Crippen LogP contribution in [-0.4, -0.2) is 38.0 Å².